The number of nitrogens with zero attached hydrogens (tertiary/aromatic N) is 1. The van der Waals surface area contributed by atoms with E-state index in [0.717, 1.165) is 12.1 Å². The summed E-state index contributed by atoms with van der Waals surface area (Å²) in [6.45, 7) is -2.96. The summed E-state index contributed by atoms with van der Waals surface area (Å²) in [6, 6.07) is -4.14. The van der Waals surface area contributed by atoms with Crippen LogP contribution >= 0.6 is 11.6 Å². The van der Waals surface area contributed by atoms with E-state index in [9.17, 15) is 27.2 Å². The van der Waals surface area contributed by atoms with Crippen LogP contribution in [0.1, 0.15) is 28.4 Å². The predicted molar refractivity (Wildman–Crippen MR) is 113 cm³/mol. The zero-order valence-corrected chi connectivity index (χ0v) is 16.5. The maximum Gasteiger partial charge on any atom is 0.417 e. The lowest BCUT2D eigenvalue weighted by Crippen LogP contribution is -2.20. The Morgan fingerprint density at radius 1 is 1.15 bits per heavy atom. The molecule has 0 unspecified atom stereocenters. The number of hydrogen-bond donors (Lipinski definition) is 3. The Morgan fingerprint density at radius 2 is 1.94 bits per heavy atom. The molecule has 0 radical (unpaired) electrons. The van der Waals surface area contributed by atoms with Crippen molar-refractivity contribution in [2.75, 3.05) is 17.6 Å². The first kappa shape index (κ1) is 14.3. The Labute approximate surface area is 202 Å². The van der Waals surface area contributed by atoms with E-state index in [0.29, 0.717) is 6.07 Å². The highest BCUT2D eigenvalue weighted by Crippen LogP contribution is 2.36. The van der Waals surface area contributed by atoms with E-state index < -0.39 is 106 Å². The average Bonchev–Trinajstić information content (AvgIpc) is 2.85. The van der Waals surface area contributed by atoms with Gasteiger partial charge in [0, 0.05) is 35.1 Å². The Kier molecular flexibility index (Phi) is 4.23. The molecule has 1 aromatic heterocycles. The Hall–Kier alpha value is -3.86. The normalized spacial score (nSPS) is 15.2. The summed E-state index contributed by atoms with van der Waals surface area (Å²) in [5.74, 6) is -3.79. The number of anilines is 2. The molecule has 3 amide bonds. The number of nitrogens with one attached hydrogen (secondary N) is 3. The van der Waals surface area contributed by atoms with Gasteiger partial charge in [-0.25, -0.2) is 9.18 Å². The van der Waals surface area contributed by atoms with Crippen molar-refractivity contribution < 1.29 is 44.2 Å². The van der Waals surface area contributed by atoms with Crippen LogP contribution in [0.25, 0.3) is 0 Å². The van der Waals surface area contributed by atoms with Gasteiger partial charge in [0.05, 0.1) is 24.5 Å². The molecule has 1 heterocycles. The topological polar surface area (TPSA) is 92.3 Å². The lowest BCUT2D eigenvalue weighted by Gasteiger charge is -2.13. The summed E-state index contributed by atoms with van der Waals surface area (Å²) in [7, 11) is 0. The molecule has 3 N–H and O–H groups in total. The van der Waals surface area contributed by atoms with E-state index in [1.54, 1.807) is 10.6 Å². The second-order valence-corrected chi connectivity index (χ2v) is 6.24. The molecule has 3 aromatic rings. The molecule has 0 aliphatic heterocycles. The molecule has 2 aromatic carbocycles. The van der Waals surface area contributed by atoms with Gasteiger partial charge in [-0.1, -0.05) is 11.6 Å². The van der Waals surface area contributed by atoms with Gasteiger partial charge in [0.15, 0.2) is 0 Å². The number of urea groups is 1. The van der Waals surface area contributed by atoms with Gasteiger partial charge in [-0.3, -0.25) is 9.78 Å². The minimum absolute atomic E-state index is 0.429. The molecule has 0 saturated heterocycles. The van der Waals surface area contributed by atoms with E-state index in [2.05, 4.69) is 4.98 Å². The van der Waals surface area contributed by atoms with Crippen molar-refractivity contribution in [3.05, 3.63) is 76.7 Å². The molecule has 0 atom stereocenters. The number of amides is 3. The Balaban J connectivity index is 1.87. The molecule has 0 aliphatic carbocycles. The van der Waals surface area contributed by atoms with Crippen LogP contribution in [-0.2, 0) is 6.18 Å². The number of carbonyl (C=O) groups excluding carboxylic acids is 2. The first-order valence-electron chi connectivity index (χ1n) is 12.9. The van der Waals surface area contributed by atoms with Crippen molar-refractivity contribution >= 4 is 34.9 Å². The highest BCUT2D eigenvalue weighted by Gasteiger charge is 2.33. The van der Waals surface area contributed by atoms with Crippen LogP contribution in [0.15, 0.2) is 54.6 Å². The van der Waals surface area contributed by atoms with Crippen LogP contribution in [0, 0.1) is 5.82 Å². The molecule has 172 valence electrons. The molecule has 7 nitrogen and oxygen atoms in total. The zero-order valence-electron chi connectivity index (χ0n) is 24.8. The van der Waals surface area contributed by atoms with Crippen LogP contribution in [0.5, 0.6) is 11.5 Å². The number of benzene rings is 2. The van der Waals surface area contributed by atoms with E-state index in [4.69, 9.17) is 28.7 Å². The van der Waals surface area contributed by atoms with E-state index in [-0.39, 0.29) is 0 Å². The second-order valence-electron chi connectivity index (χ2n) is 5.87. The summed E-state index contributed by atoms with van der Waals surface area (Å²) in [6.07, 6.45) is -6.07. The monoisotopic (exact) mass is 491 g/mol. The van der Waals surface area contributed by atoms with Gasteiger partial charge in [-0.05, 0) is 36.3 Å². The number of rotatable bonds is 5. The minimum Gasteiger partial charge on any atom is -0.457 e. The van der Waals surface area contributed by atoms with Gasteiger partial charge >= 0.3 is 12.2 Å². The highest BCUT2D eigenvalue weighted by molar-refractivity contribution is 6.31. The summed E-state index contributed by atoms with van der Waals surface area (Å²) >= 11 is 5.48. The lowest BCUT2D eigenvalue weighted by molar-refractivity contribution is -0.137. The molecule has 0 aliphatic rings. The van der Waals surface area contributed by atoms with E-state index in [1.165, 1.54) is 0 Å². The maximum absolute atomic E-state index is 14.8. The fourth-order valence-corrected chi connectivity index (χ4v) is 2.42. The maximum atomic E-state index is 14.8. The lowest BCUT2D eigenvalue weighted by atomic mass is 10.2. The van der Waals surface area contributed by atoms with Crippen LogP contribution in [0.3, 0.4) is 0 Å². The summed E-state index contributed by atoms with van der Waals surface area (Å²) in [4.78, 5) is 28.0. The minimum atomic E-state index is -5.19. The highest BCUT2D eigenvalue weighted by atomic mass is 35.5. The third kappa shape index (κ3) is 6.10. The number of hydrogen-bond acceptors (Lipinski definition) is 4. The van der Waals surface area contributed by atoms with Gasteiger partial charge < -0.3 is 20.7 Å². The molecule has 0 fully saturated rings. The molecular formula is C21H15ClF4N4O3. The number of ether oxygens (including phenoxy) is 1. The van der Waals surface area contributed by atoms with E-state index >= 15 is 0 Å². The number of halogens is 5. The second kappa shape index (κ2) is 9.74. The van der Waals surface area contributed by atoms with Gasteiger partial charge in [-0.15, -0.1) is 0 Å². The number of pyridine rings is 1. The number of carbonyl (C=O) groups is 2. The molecule has 0 bridgehead atoms. The molecule has 33 heavy (non-hydrogen) atoms. The van der Waals surface area contributed by atoms with E-state index in [1.807, 2.05) is 5.32 Å². The summed E-state index contributed by atoms with van der Waals surface area (Å²) in [5, 5.41) is 4.07. The average molecular weight is 492 g/mol. The SMILES string of the molecule is [2H]c1nc(C(=O)NC([2H])([2H])[2H])c([2H])c(Oc2ccc(NC(=O)Nc3c([2H])c([2H])c(Cl)c(C(F)(F)F)c3[2H])c(F)c2)c1[2H]. The van der Waals surface area contributed by atoms with Gasteiger partial charge in [-0.2, -0.15) is 13.2 Å². The number of alkyl halides is 3. The summed E-state index contributed by atoms with van der Waals surface area (Å²) in [5.41, 5.74) is -4.25. The fraction of sp³-hybridized carbons (Fsp3) is 0.0952. The molecule has 3 rings (SSSR count). The fourth-order valence-electron chi connectivity index (χ4n) is 2.21. The molecular weight excluding hydrogens is 468 g/mol. The first-order chi connectivity index (χ1) is 19.2. The molecule has 12 heteroatoms. The van der Waals surface area contributed by atoms with Crippen LogP contribution in [0.4, 0.5) is 33.7 Å². The zero-order chi connectivity index (χ0) is 31.9. The standard InChI is InChI=1S/C21H15ClF4N4O3/c1-27-19(31)18-10-13(6-7-28-18)33-12-3-5-17(16(23)9-12)30-20(32)29-11-2-4-15(22)14(8-11)21(24,25)26/h2-10H,1H3,(H,27,31)(H2,29,30,32)/i1D3,2D,4D,6D,7D,8D,10D. The van der Waals surface area contributed by atoms with Gasteiger partial charge in [0.25, 0.3) is 5.91 Å². The quantitative estimate of drug-likeness (QED) is 0.400. The van der Waals surface area contributed by atoms with Crippen molar-refractivity contribution in [3.63, 3.8) is 0 Å². The van der Waals surface area contributed by atoms with Crippen molar-refractivity contribution in [1.82, 2.24) is 10.3 Å². The smallest absolute Gasteiger partial charge is 0.417 e. The van der Waals surface area contributed by atoms with Crippen molar-refractivity contribution in [3.8, 4) is 11.5 Å². The van der Waals surface area contributed by atoms with Crippen LogP contribution in [-0.4, -0.2) is 23.9 Å². The molecule has 0 saturated carbocycles. The van der Waals surface area contributed by atoms with Crippen molar-refractivity contribution in [2.45, 2.75) is 6.18 Å². The number of aromatic nitrogens is 1. The van der Waals surface area contributed by atoms with Crippen molar-refractivity contribution in [1.29, 1.82) is 0 Å². The Morgan fingerprint density at radius 3 is 2.64 bits per heavy atom. The third-order valence-electron chi connectivity index (χ3n) is 3.60. The van der Waals surface area contributed by atoms with Crippen LogP contribution < -0.4 is 20.7 Å². The molecule has 0 spiro atoms. The largest absolute Gasteiger partial charge is 0.457 e. The first-order valence-corrected chi connectivity index (χ1v) is 8.82. The van der Waals surface area contributed by atoms with Gasteiger partial charge in [0.2, 0.25) is 0 Å². The predicted octanol–water partition coefficient (Wildman–Crippen LogP) is 5.69. The third-order valence-corrected chi connectivity index (χ3v) is 3.88. The van der Waals surface area contributed by atoms with Gasteiger partial charge in [0.1, 0.15) is 23.0 Å². The summed E-state index contributed by atoms with van der Waals surface area (Å²) < 4.78 is 128. The Bertz CT molecular complexity index is 1610. The van der Waals surface area contributed by atoms with Crippen molar-refractivity contribution in [2.24, 2.45) is 0 Å². The van der Waals surface area contributed by atoms with Crippen LogP contribution in [0.2, 0.25) is 5.02 Å².